The van der Waals surface area contributed by atoms with E-state index in [0.29, 0.717) is 39.5 Å². The third-order valence-corrected chi connectivity index (χ3v) is 6.10. The Morgan fingerprint density at radius 2 is 1.79 bits per heavy atom. The highest BCUT2D eigenvalue weighted by atomic mass is 35.5. The Morgan fingerprint density at radius 1 is 1.09 bits per heavy atom. The van der Waals surface area contributed by atoms with Gasteiger partial charge in [0, 0.05) is 5.41 Å². The summed E-state index contributed by atoms with van der Waals surface area (Å²) in [7, 11) is 0. The molecule has 2 aromatic carbocycles. The molecule has 0 saturated heterocycles. The molecule has 3 rings (SSSR count). The van der Waals surface area contributed by atoms with E-state index in [4.69, 9.17) is 37.1 Å². The zero-order valence-corrected chi connectivity index (χ0v) is 20.4. The van der Waals surface area contributed by atoms with Crippen molar-refractivity contribution in [3.8, 4) is 17.6 Å². The van der Waals surface area contributed by atoms with E-state index in [2.05, 4.69) is 6.07 Å². The van der Waals surface area contributed by atoms with Crippen LogP contribution >= 0.6 is 23.2 Å². The summed E-state index contributed by atoms with van der Waals surface area (Å²) in [4.78, 5) is 0. The van der Waals surface area contributed by atoms with Gasteiger partial charge in [-0.3, -0.25) is 4.21 Å². The molecule has 0 bridgehead atoms. The Morgan fingerprint density at radius 3 is 2.42 bits per heavy atom. The average molecular weight is 507 g/mol. The minimum Gasteiger partial charge on any atom is -0.772 e. The van der Waals surface area contributed by atoms with E-state index in [0.717, 1.165) is 11.1 Å². The minimum atomic E-state index is -2.20. The Kier molecular flexibility index (Phi) is 8.44. The SMILES string of the molecule is CC(C)(c1ccc(OCc2ccc(CS(=O)[O-])o2)cc1)c1cc(Cl)c(OCCCl)c(C#N)c1. The predicted molar refractivity (Wildman–Crippen MR) is 127 cm³/mol. The number of furan rings is 1. The first-order valence-corrected chi connectivity index (χ1v) is 12.2. The van der Waals surface area contributed by atoms with Gasteiger partial charge in [-0.05, 0) is 58.6 Å². The summed E-state index contributed by atoms with van der Waals surface area (Å²) in [6.45, 7) is 4.52. The topological polar surface area (TPSA) is 95.5 Å². The molecule has 3 aromatic rings. The highest BCUT2D eigenvalue weighted by Crippen LogP contribution is 2.38. The number of ether oxygens (including phenoxy) is 2. The molecule has 174 valence electrons. The van der Waals surface area contributed by atoms with Gasteiger partial charge in [-0.25, -0.2) is 0 Å². The van der Waals surface area contributed by atoms with Gasteiger partial charge in [-0.15, -0.1) is 11.6 Å². The van der Waals surface area contributed by atoms with E-state index in [1.165, 1.54) is 0 Å². The summed E-state index contributed by atoms with van der Waals surface area (Å²) in [5.41, 5.74) is 1.79. The summed E-state index contributed by atoms with van der Waals surface area (Å²) in [5, 5.41) is 9.92. The van der Waals surface area contributed by atoms with Gasteiger partial charge in [0.25, 0.3) is 0 Å². The fraction of sp³-hybridized carbons (Fsp3) is 0.292. The lowest BCUT2D eigenvalue weighted by atomic mass is 9.77. The predicted octanol–water partition coefficient (Wildman–Crippen LogP) is 5.71. The summed E-state index contributed by atoms with van der Waals surface area (Å²) >= 11 is 9.90. The van der Waals surface area contributed by atoms with Crippen LogP contribution in [0, 0.1) is 11.3 Å². The largest absolute Gasteiger partial charge is 0.772 e. The summed E-state index contributed by atoms with van der Waals surface area (Å²) in [6, 6.07) is 16.6. The number of halogens is 2. The molecule has 0 radical (unpaired) electrons. The van der Waals surface area contributed by atoms with Crippen LogP contribution < -0.4 is 9.47 Å². The van der Waals surface area contributed by atoms with Crippen molar-refractivity contribution >= 4 is 34.3 Å². The zero-order chi connectivity index (χ0) is 24.0. The average Bonchev–Trinajstić information content (AvgIpc) is 3.23. The molecule has 9 heteroatoms. The summed E-state index contributed by atoms with van der Waals surface area (Å²) < 4.78 is 38.3. The molecule has 0 spiro atoms. The molecule has 1 unspecified atom stereocenters. The maximum absolute atomic E-state index is 10.8. The first-order valence-electron chi connectivity index (χ1n) is 10.0. The van der Waals surface area contributed by atoms with E-state index in [1.54, 1.807) is 24.3 Å². The van der Waals surface area contributed by atoms with Crippen molar-refractivity contribution in [2.24, 2.45) is 0 Å². The van der Waals surface area contributed by atoms with Gasteiger partial charge in [0.1, 0.15) is 36.6 Å². The quantitative estimate of drug-likeness (QED) is 0.258. The van der Waals surface area contributed by atoms with Gasteiger partial charge in [0.2, 0.25) is 0 Å². The molecular weight excluding hydrogens is 485 g/mol. The van der Waals surface area contributed by atoms with Crippen LogP contribution in [0.1, 0.15) is 42.1 Å². The molecule has 0 saturated carbocycles. The molecule has 0 N–H and O–H groups in total. The third-order valence-electron chi connectivity index (χ3n) is 5.14. The van der Waals surface area contributed by atoms with Gasteiger partial charge < -0.3 is 18.4 Å². The van der Waals surface area contributed by atoms with Crippen molar-refractivity contribution in [3.63, 3.8) is 0 Å². The molecule has 0 aliphatic rings. The van der Waals surface area contributed by atoms with Gasteiger partial charge >= 0.3 is 0 Å². The molecule has 6 nitrogen and oxygen atoms in total. The third kappa shape index (κ3) is 6.30. The van der Waals surface area contributed by atoms with Crippen molar-refractivity contribution in [3.05, 3.63) is 81.8 Å². The number of nitriles is 1. The highest BCUT2D eigenvalue weighted by molar-refractivity contribution is 7.78. The molecule has 1 heterocycles. The van der Waals surface area contributed by atoms with Crippen LogP contribution in [0.4, 0.5) is 0 Å². The van der Waals surface area contributed by atoms with Gasteiger partial charge in [0.05, 0.1) is 22.2 Å². The molecule has 33 heavy (non-hydrogen) atoms. The van der Waals surface area contributed by atoms with E-state index < -0.39 is 16.5 Å². The maximum Gasteiger partial charge on any atom is 0.155 e. The lowest BCUT2D eigenvalue weighted by Gasteiger charge is -2.27. The second-order valence-electron chi connectivity index (χ2n) is 7.74. The van der Waals surface area contributed by atoms with Gasteiger partial charge in [-0.2, -0.15) is 5.26 Å². The van der Waals surface area contributed by atoms with Crippen LogP contribution in [0.25, 0.3) is 0 Å². The molecule has 0 fully saturated rings. The number of alkyl halides is 1. The van der Waals surface area contributed by atoms with Crippen molar-refractivity contribution in [1.82, 2.24) is 0 Å². The number of rotatable bonds is 10. The summed E-state index contributed by atoms with van der Waals surface area (Å²) in [6.07, 6.45) is 0. The minimum absolute atomic E-state index is 0.166. The number of hydrogen-bond acceptors (Lipinski definition) is 6. The highest BCUT2D eigenvalue weighted by Gasteiger charge is 2.26. The smallest absolute Gasteiger partial charge is 0.155 e. The van der Waals surface area contributed by atoms with Crippen molar-refractivity contribution in [2.45, 2.75) is 31.6 Å². The Labute approximate surface area is 205 Å². The van der Waals surface area contributed by atoms with Crippen LogP contribution in [0.3, 0.4) is 0 Å². The second kappa shape index (κ2) is 11.1. The fourth-order valence-electron chi connectivity index (χ4n) is 3.31. The Hall–Kier alpha value is -2.50. The number of benzene rings is 2. The molecule has 0 aliphatic heterocycles. The van der Waals surface area contributed by atoms with E-state index in [-0.39, 0.29) is 19.0 Å². The van der Waals surface area contributed by atoms with E-state index in [1.807, 2.05) is 38.1 Å². The van der Waals surface area contributed by atoms with E-state index in [9.17, 15) is 14.0 Å². The van der Waals surface area contributed by atoms with Crippen LogP contribution in [-0.2, 0) is 28.9 Å². The fourth-order valence-corrected chi connectivity index (χ4v) is 4.05. The standard InChI is InChI=1S/C24H23Cl2NO5S/c1-24(2,18-11-16(13-27)23(22(26)12-18)30-10-9-25)17-3-5-19(6-4-17)31-14-20-7-8-21(32-20)15-33(28)29/h3-8,11-12H,9-10,14-15H2,1-2H3,(H,28,29)/p-1. The van der Waals surface area contributed by atoms with Crippen molar-refractivity contribution in [1.29, 1.82) is 5.26 Å². The molecule has 0 amide bonds. The summed E-state index contributed by atoms with van der Waals surface area (Å²) in [5.74, 6) is 2.02. The van der Waals surface area contributed by atoms with Crippen LogP contribution in [0.5, 0.6) is 11.5 Å². The van der Waals surface area contributed by atoms with Crippen LogP contribution in [-0.4, -0.2) is 21.2 Å². The monoisotopic (exact) mass is 506 g/mol. The van der Waals surface area contributed by atoms with E-state index >= 15 is 0 Å². The Bertz CT molecular complexity index is 1170. The second-order valence-corrected chi connectivity index (χ2v) is 9.42. The Balaban J connectivity index is 1.74. The molecule has 0 aliphatic carbocycles. The maximum atomic E-state index is 10.8. The van der Waals surface area contributed by atoms with Crippen molar-refractivity contribution in [2.75, 3.05) is 12.5 Å². The van der Waals surface area contributed by atoms with Crippen LogP contribution in [0.2, 0.25) is 5.02 Å². The molecule has 1 aromatic heterocycles. The normalized spacial score (nSPS) is 12.2. The zero-order valence-electron chi connectivity index (χ0n) is 18.1. The van der Waals surface area contributed by atoms with Gasteiger partial charge in [-0.1, -0.05) is 37.6 Å². The van der Waals surface area contributed by atoms with Crippen molar-refractivity contribution < 1.29 is 22.7 Å². The lowest BCUT2D eigenvalue weighted by Crippen LogP contribution is -2.19. The number of nitrogens with zero attached hydrogens (tertiary/aromatic N) is 1. The first-order chi connectivity index (χ1) is 15.7. The first kappa shape index (κ1) is 25.1. The van der Waals surface area contributed by atoms with Gasteiger partial charge in [0.15, 0.2) is 5.75 Å². The molecule has 1 atom stereocenters. The van der Waals surface area contributed by atoms with Crippen LogP contribution in [0.15, 0.2) is 52.9 Å². The lowest BCUT2D eigenvalue weighted by molar-refractivity contribution is 0.267. The number of hydrogen-bond donors (Lipinski definition) is 0. The molecular formula is C24H22Cl2NO5S-.